The summed E-state index contributed by atoms with van der Waals surface area (Å²) >= 11 is 0. The number of piperazine rings is 1. The van der Waals surface area contributed by atoms with E-state index in [1.54, 1.807) is 0 Å². The third-order valence-corrected chi connectivity index (χ3v) is 4.95. The topological polar surface area (TPSA) is 24.5 Å². The molecule has 3 heteroatoms. The Bertz CT molecular complexity index is 301. The van der Waals surface area contributed by atoms with E-state index in [4.69, 9.17) is 4.74 Å². The molecule has 3 nitrogen and oxygen atoms in total. The molecule has 1 aliphatic carbocycles. The molecule has 0 aromatic heterocycles. The zero-order chi connectivity index (χ0) is 12.8. The van der Waals surface area contributed by atoms with E-state index in [9.17, 15) is 0 Å². The average Bonchev–Trinajstić information content (AvgIpc) is 3.06. The lowest BCUT2D eigenvalue weighted by molar-refractivity contribution is -0.000904. The molecule has 0 spiro atoms. The smallest absolute Gasteiger partial charge is 0.0759 e. The van der Waals surface area contributed by atoms with E-state index in [1.807, 2.05) is 0 Å². The number of hydrogen-bond donors (Lipinski definition) is 1. The van der Waals surface area contributed by atoms with Crippen LogP contribution in [0.2, 0.25) is 0 Å². The Hall–Kier alpha value is -0.120. The minimum absolute atomic E-state index is 0.252. The molecule has 0 amide bonds. The van der Waals surface area contributed by atoms with Crippen LogP contribution < -0.4 is 5.32 Å². The lowest BCUT2D eigenvalue weighted by atomic mass is 9.93. The van der Waals surface area contributed by atoms with Gasteiger partial charge >= 0.3 is 0 Å². The van der Waals surface area contributed by atoms with Gasteiger partial charge in [0.25, 0.3) is 0 Å². The van der Waals surface area contributed by atoms with Gasteiger partial charge in [-0.1, -0.05) is 6.92 Å². The summed E-state index contributed by atoms with van der Waals surface area (Å²) in [4.78, 5) is 2.77. The SMILES string of the molecule is CCC1CNC(C)(C)CN1C1CCOC1C1CC1. The lowest BCUT2D eigenvalue weighted by Gasteiger charge is -2.48. The van der Waals surface area contributed by atoms with Crippen molar-refractivity contribution < 1.29 is 4.74 Å². The number of hydrogen-bond acceptors (Lipinski definition) is 3. The molecule has 3 aliphatic rings. The van der Waals surface area contributed by atoms with Crippen LogP contribution in [0, 0.1) is 5.92 Å². The van der Waals surface area contributed by atoms with Crippen molar-refractivity contribution in [2.45, 2.75) is 70.2 Å². The Morgan fingerprint density at radius 3 is 2.72 bits per heavy atom. The van der Waals surface area contributed by atoms with Crippen molar-refractivity contribution in [2.24, 2.45) is 5.92 Å². The van der Waals surface area contributed by atoms with Gasteiger partial charge in [0.05, 0.1) is 6.10 Å². The second-order valence-electron chi connectivity index (χ2n) is 7.03. The number of nitrogens with zero attached hydrogens (tertiary/aromatic N) is 1. The lowest BCUT2D eigenvalue weighted by Crippen LogP contribution is -2.64. The Morgan fingerprint density at radius 1 is 1.28 bits per heavy atom. The fourth-order valence-corrected chi connectivity index (χ4v) is 3.75. The van der Waals surface area contributed by atoms with Crippen molar-refractivity contribution in [1.82, 2.24) is 10.2 Å². The van der Waals surface area contributed by atoms with Gasteiger partial charge in [-0.2, -0.15) is 0 Å². The zero-order valence-corrected chi connectivity index (χ0v) is 12.1. The number of nitrogens with one attached hydrogen (secondary N) is 1. The van der Waals surface area contributed by atoms with Gasteiger partial charge in [0.15, 0.2) is 0 Å². The highest BCUT2D eigenvalue weighted by atomic mass is 16.5. The minimum atomic E-state index is 0.252. The summed E-state index contributed by atoms with van der Waals surface area (Å²) in [5.74, 6) is 0.869. The molecule has 0 radical (unpaired) electrons. The monoisotopic (exact) mass is 252 g/mol. The van der Waals surface area contributed by atoms with Gasteiger partial charge in [0, 0.05) is 37.3 Å². The molecule has 104 valence electrons. The Labute approximate surface area is 111 Å². The molecule has 2 aliphatic heterocycles. The zero-order valence-electron chi connectivity index (χ0n) is 12.1. The Kier molecular flexibility index (Phi) is 3.41. The second-order valence-corrected chi connectivity index (χ2v) is 7.03. The molecule has 0 bridgehead atoms. The molecule has 3 atom stereocenters. The molecular formula is C15H28N2O. The molecule has 1 saturated carbocycles. The first-order valence-electron chi connectivity index (χ1n) is 7.73. The molecule has 18 heavy (non-hydrogen) atoms. The van der Waals surface area contributed by atoms with E-state index in [0.29, 0.717) is 18.2 Å². The molecule has 2 heterocycles. The van der Waals surface area contributed by atoms with E-state index < -0.39 is 0 Å². The summed E-state index contributed by atoms with van der Waals surface area (Å²) < 4.78 is 6.04. The summed E-state index contributed by atoms with van der Waals surface area (Å²) in [6.45, 7) is 10.3. The molecule has 0 aromatic carbocycles. The van der Waals surface area contributed by atoms with Crippen LogP contribution in [0.15, 0.2) is 0 Å². The van der Waals surface area contributed by atoms with E-state index in [-0.39, 0.29) is 5.54 Å². The first-order valence-corrected chi connectivity index (χ1v) is 7.73. The van der Waals surface area contributed by atoms with Crippen molar-refractivity contribution in [1.29, 1.82) is 0 Å². The highest BCUT2D eigenvalue weighted by Gasteiger charge is 2.46. The molecule has 3 unspecified atom stereocenters. The van der Waals surface area contributed by atoms with E-state index >= 15 is 0 Å². The summed E-state index contributed by atoms with van der Waals surface area (Å²) in [6.07, 6.45) is 5.82. The molecular weight excluding hydrogens is 224 g/mol. The van der Waals surface area contributed by atoms with Crippen molar-refractivity contribution in [3.63, 3.8) is 0 Å². The van der Waals surface area contributed by atoms with Crippen molar-refractivity contribution in [3.8, 4) is 0 Å². The third-order valence-electron chi connectivity index (χ3n) is 4.95. The molecule has 3 rings (SSSR count). The van der Waals surface area contributed by atoms with Crippen molar-refractivity contribution >= 4 is 0 Å². The predicted octanol–water partition coefficient (Wildman–Crippen LogP) is 2.02. The van der Waals surface area contributed by atoms with Crippen LogP contribution in [0.3, 0.4) is 0 Å². The first-order chi connectivity index (χ1) is 8.61. The summed E-state index contributed by atoms with van der Waals surface area (Å²) in [6, 6.07) is 1.38. The van der Waals surface area contributed by atoms with Gasteiger partial charge in [0.2, 0.25) is 0 Å². The maximum Gasteiger partial charge on any atom is 0.0759 e. The van der Waals surface area contributed by atoms with Gasteiger partial charge in [-0.15, -0.1) is 0 Å². The summed E-state index contributed by atoms with van der Waals surface area (Å²) in [5.41, 5.74) is 0.252. The number of rotatable bonds is 3. The molecule has 1 N–H and O–H groups in total. The van der Waals surface area contributed by atoms with E-state index in [1.165, 1.54) is 32.2 Å². The highest BCUT2D eigenvalue weighted by molar-refractivity contribution is 5.01. The fourth-order valence-electron chi connectivity index (χ4n) is 3.75. The third kappa shape index (κ3) is 2.45. The van der Waals surface area contributed by atoms with Crippen LogP contribution in [0.4, 0.5) is 0 Å². The van der Waals surface area contributed by atoms with E-state index in [2.05, 4.69) is 31.0 Å². The fraction of sp³-hybridized carbons (Fsp3) is 1.00. The second kappa shape index (κ2) is 4.77. The van der Waals surface area contributed by atoms with Gasteiger partial charge in [0.1, 0.15) is 0 Å². The standard InChI is InChI=1S/C15H28N2O/c1-4-12-9-16-15(2,3)10-17(12)13-7-8-18-14(13)11-5-6-11/h11-14,16H,4-10H2,1-3H3. The molecule has 3 fully saturated rings. The van der Waals surface area contributed by atoms with Crippen molar-refractivity contribution in [3.05, 3.63) is 0 Å². The first kappa shape index (κ1) is 12.9. The molecule has 2 saturated heterocycles. The van der Waals surface area contributed by atoms with Gasteiger partial charge in [-0.05, 0) is 45.4 Å². The number of ether oxygens (including phenoxy) is 1. The summed E-state index contributed by atoms with van der Waals surface area (Å²) in [5, 5.41) is 3.69. The van der Waals surface area contributed by atoms with Crippen LogP contribution >= 0.6 is 0 Å². The average molecular weight is 252 g/mol. The normalized spacial score (nSPS) is 41.2. The maximum absolute atomic E-state index is 6.04. The minimum Gasteiger partial charge on any atom is -0.376 e. The quantitative estimate of drug-likeness (QED) is 0.831. The van der Waals surface area contributed by atoms with Crippen LogP contribution in [0.5, 0.6) is 0 Å². The van der Waals surface area contributed by atoms with Crippen LogP contribution in [-0.2, 0) is 4.74 Å². The Balaban J connectivity index is 1.74. The van der Waals surface area contributed by atoms with Crippen LogP contribution in [0.25, 0.3) is 0 Å². The van der Waals surface area contributed by atoms with Crippen LogP contribution in [0.1, 0.15) is 46.5 Å². The van der Waals surface area contributed by atoms with Crippen molar-refractivity contribution in [2.75, 3.05) is 19.7 Å². The Morgan fingerprint density at radius 2 is 2.06 bits per heavy atom. The molecule has 0 aromatic rings. The van der Waals surface area contributed by atoms with Gasteiger partial charge < -0.3 is 10.1 Å². The van der Waals surface area contributed by atoms with E-state index in [0.717, 1.165) is 19.1 Å². The van der Waals surface area contributed by atoms with Gasteiger partial charge in [-0.3, -0.25) is 4.90 Å². The summed E-state index contributed by atoms with van der Waals surface area (Å²) in [7, 11) is 0. The largest absolute Gasteiger partial charge is 0.376 e. The maximum atomic E-state index is 6.04. The van der Waals surface area contributed by atoms with Gasteiger partial charge in [-0.25, -0.2) is 0 Å². The predicted molar refractivity (Wildman–Crippen MR) is 73.7 cm³/mol. The highest BCUT2D eigenvalue weighted by Crippen LogP contribution is 2.41. The van der Waals surface area contributed by atoms with Crippen LogP contribution in [-0.4, -0.2) is 48.3 Å².